The van der Waals surface area contributed by atoms with Crippen molar-refractivity contribution >= 4 is 23.7 Å². The summed E-state index contributed by atoms with van der Waals surface area (Å²) >= 11 is 1.18. The predicted molar refractivity (Wildman–Crippen MR) is 88.5 cm³/mol. The lowest BCUT2D eigenvalue weighted by Crippen LogP contribution is -2.40. The molecule has 0 aliphatic carbocycles. The van der Waals surface area contributed by atoms with Crippen molar-refractivity contribution in [2.24, 2.45) is 0 Å². The molecular formula is C15H19N5O2S. The number of rotatable bonds is 7. The van der Waals surface area contributed by atoms with Gasteiger partial charge in [0.05, 0.1) is 11.4 Å². The van der Waals surface area contributed by atoms with E-state index in [0.717, 1.165) is 18.5 Å². The molecule has 0 saturated heterocycles. The maximum absolute atomic E-state index is 11.7. The SMILES string of the molecule is CCCCNC(=O)NC(=O)CSc1ncn(-c2ccccc2)n1. The van der Waals surface area contributed by atoms with Crippen molar-refractivity contribution < 1.29 is 9.59 Å². The second kappa shape index (κ2) is 8.94. The van der Waals surface area contributed by atoms with E-state index in [1.165, 1.54) is 11.8 Å². The Labute approximate surface area is 138 Å². The molecule has 2 rings (SSSR count). The van der Waals surface area contributed by atoms with Crippen molar-refractivity contribution in [2.45, 2.75) is 24.9 Å². The number of carbonyl (C=O) groups excluding carboxylic acids is 2. The smallest absolute Gasteiger partial charge is 0.321 e. The van der Waals surface area contributed by atoms with Gasteiger partial charge < -0.3 is 5.32 Å². The van der Waals surface area contributed by atoms with Crippen molar-refractivity contribution in [2.75, 3.05) is 12.3 Å². The zero-order valence-corrected chi connectivity index (χ0v) is 13.7. The van der Waals surface area contributed by atoms with Gasteiger partial charge in [-0.1, -0.05) is 43.3 Å². The molecule has 23 heavy (non-hydrogen) atoms. The van der Waals surface area contributed by atoms with Crippen LogP contribution in [0.4, 0.5) is 4.79 Å². The number of nitrogens with one attached hydrogen (secondary N) is 2. The fraction of sp³-hybridized carbons (Fsp3) is 0.333. The fourth-order valence-corrected chi connectivity index (χ4v) is 2.33. The number of unbranched alkanes of at least 4 members (excludes halogenated alkanes) is 1. The van der Waals surface area contributed by atoms with Gasteiger partial charge in [-0.3, -0.25) is 10.1 Å². The van der Waals surface area contributed by atoms with Crippen LogP contribution in [0.15, 0.2) is 41.8 Å². The summed E-state index contributed by atoms with van der Waals surface area (Å²) in [6, 6.07) is 9.11. The van der Waals surface area contributed by atoms with Crippen molar-refractivity contribution in [1.82, 2.24) is 25.4 Å². The lowest BCUT2D eigenvalue weighted by atomic mass is 10.3. The number of hydrogen-bond acceptors (Lipinski definition) is 5. The first-order valence-electron chi connectivity index (χ1n) is 7.36. The van der Waals surface area contributed by atoms with E-state index in [2.05, 4.69) is 20.7 Å². The maximum Gasteiger partial charge on any atom is 0.321 e. The lowest BCUT2D eigenvalue weighted by molar-refractivity contribution is -0.117. The van der Waals surface area contributed by atoms with Crippen LogP contribution in [0.2, 0.25) is 0 Å². The summed E-state index contributed by atoms with van der Waals surface area (Å²) in [5.41, 5.74) is 0.895. The molecule has 1 heterocycles. The maximum atomic E-state index is 11.7. The number of imide groups is 1. The number of benzene rings is 1. The third-order valence-electron chi connectivity index (χ3n) is 2.89. The van der Waals surface area contributed by atoms with E-state index in [9.17, 15) is 9.59 Å². The van der Waals surface area contributed by atoms with Crippen LogP contribution in [-0.4, -0.2) is 39.0 Å². The summed E-state index contributed by atoms with van der Waals surface area (Å²) in [5.74, 6) is -0.292. The van der Waals surface area contributed by atoms with Crippen LogP contribution in [0.3, 0.4) is 0 Å². The number of nitrogens with zero attached hydrogens (tertiary/aromatic N) is 3. The topological polar surface area (TPSA) is 88.9 Å². The number of hydrogen-bond donors (Lipinski definition) is 2. The Kier molecular flexibility index (Phi) is 6.61. The first kappa shape index (κ1) is 17.0. The third kappa shape index (κ3) is 5.74. The molecule has 122 valence electrons. The molecule has 0 spiro atoms. The number of thioether (sulfide) groups is 1. The highest BCUT2D eigenvalue weighted by molar-refractivity contribution is 7.99. The minimum absolute atomic E-state index is 0.0833. The van der Waals surface area contributed by atoms with Crippen LogP contribution in [-0.2, 0) is 4.79 Å². The monoisotopic (exact) mass is 333 g/mol. The van der Waals surface area contributed by atoms with Gasteiger partial charge in [0.25, 0.3) is 0 Å². The van der Waals surface area contributed by atoms with E-state index < -0.39 is 6.03 Å². The number of carbonyl (C=O) groups is 2. The Hall–Kier alpha value is -2.35. The first-order chi connectivity index (χ1) is 11.2. The molecule has 3 amide bonds. The zero-order valence-electron chi connectivity index (χ0n) is 12.9. The molecule has 1 aromatic carbocycles. The third-order valence-corrected chi connectivity index (χ3v) is 3.74. The van der Waals surface area contributed by atoms with E-state index in [4.69, 9.17) is 0 Å². The second-order valence-electron chi connectivity index (χ2n) is 4.75. The van der Waals surface area contributed by atoms with Crippen molar-refractivity contribution in [3.05, 3.63) is 36.7 Å². The first-order valence-corrected chi connectivity index (χ1v) is 8.35. The molecular weight excluding hydrogens is 314 g/mol. The molecule has 0 unspecified atom stereocenters. The average molecular weight is 333 g/mol. The second-order valence-corrected chi connectivity index (χ2v) is 5.70. The van der Waals surface area contributed by atoms with Crippen molar-refractivity contribution in [1.29, 1.82) is 0 Å². The van der Waals surface area contributed by atoms with Gasteiger partial charge in [-0.2, -0.15) is 0 Å². The molecule has 1 aromatic heterocycles. The van der Waals surface area contributed by atoms with E-state index in [1.54, 1.807) is 11.0 Å². The van der Waals surface area contributed by atoms with E-state index in [1.807, 2.05) is 37.3 Å². The summed E-state index contributed by atoms with van der Waals surface area (Å²) in [7, 11) is 0. The molecule has 8 heteroatoms. The van der Waals surface area contributed by atoms with Crippen molar-refractivity contribution in [3.63, 3.8) is 0 Å². The molecule has 0 radical (unpaired) electrons. The van der Waals surface area contributed by atoms with E-state index in [-0.39, 0.29) is 11.7 Å². The Morgan fingerprint density at radius 3 is 2.78 bits per heavy atom. The van der Waals surface area contributed by atoms with Gasteiger partial charge in [-0.15, -0.1) is 5.10 Å². The Morgan fingerprint density at radius 1 is 1.26 bits per heavy atom. The Balaban J connectivity index is 1.77. The molecule has 0 aliphatic rings. The molecule has 0 saturated carbocycles. The number of urea groups is 1. The Bertz CT molecular complexity index is 644. The largest absolute Gasteiger partial charge is 0.338 e. The number of amides is 3. The van der Waals surface area contributed by atoms with Gasteiger partial charge >= 0.3 is 6.03 Å². The molecule has 2 aromatic rings. The summed E-state index contributed by atoms with van der Waals surface area (Å²) in [6.45, 7) is 2.59. The quantitative estimate of drug-likeness (QED) is 0.597. The van der Waals surface area contributed by atoms with Gasteiger partial charge in [0.2, 0.25) is 11.1 Å². The lowest BCUT2D eigenvalue weighted by Gasteiger charge is -2.05. The fourth-order valence-electron chi connectivity index (χ4n) is 1.73. The zero-order chi connectivity index (χ0) is 16.5. The highest BCUT2D eigenvalue weighted by Gasteiger charge is 2.10. The van der Waals surface area contributed by atoms with Crippen LogP contribution in [0, 0.1) is 0 Å². The molecule has 0 aliphatic heterocycles. The predicted octanol–water partition coefficient (Wildman–Crippen LogP) is 1.99. The van der Waals surface area contributed by atoms with Gasteiger partial charge in [0.15, 0.2) is 0 Å². The van der Waals surface area contributed by atoms with Crippen LogP contribution < -0.4 is 10.6 Å². The minimum atomic E-state index is -0.466. The molecule has 0 bridgehead atoms. The minimum Gasteiger partial charge on any atom is -0.338 e. The van der Waals surface area contributed by atoms with E-state index in [0.29, 0.717) is 11.7 Å². The highest BCUT2D eigenvalue weighted by Crippen LogP contribution is 2.13. The molecule has 0 atom stereocenters. The van der Waals surface area contributed by atoms with Crippen LogP contribution in [0.25, 0.3) is 5.69 Å². The van der Waals surface area contributed by atoms with E-state index >= 15 is 0 Å². The van der Waals surface area contributed by atoms with Crippen LogP contribution in [0.1, 0.15) is 19.8 Å². The Morgan fingerprint density at radius 2 is 2.04 bits per heavy atom. The van der Waals surface area contributed by atoms with Crippen molar-refractivity contribution in [3.8, 4) is 5.69 Å². The average Bonchev–Trinajstić information content (AvgIpc) is 3.03. The number of para-hydroxylation sites is 1. The number of aromatic nitrogens is 3. The van der Waals surface area contributed by atoms with Crippen LogP contribution >= 0.6 is 11.8 Å². The van der Waals surface area contributed by atoms with Gasteiger partial charge in [-0.05, 0) is 18.6 Å². The van der Waals surface area contributed by atoms with Crippen LogP contribution in [0.5, 0.6) is 0 Å². The molecule has 7 nitrogen and oxygen atoms in total. The summed E-state index contributed by atoms with van der Waals surface area (Å²) in [4.78, 5) is 27.3. The summed E-state index contributed by atoms with van der Waals surface area (Å²) in [5, 5.41) is 9.66. The summed E-state index contributed by atoms with van der Waals surface area (Å²) < 4.78 is 1.64. The van der Waals surface area contributed by atoms with Gasteiger partial charge in [0.1, 0.15) is 6.33 Å². The van der Waals surface area contributed by atoms with Gasteiger partial charge in [-0.25, -0.2) is 14.5 Å². The molecule has 2 N–H and O–H groups in total. The standard InChI is InChI=1S/C15H19N5O2S/c1-2-3-9-16-14(22)18-13(21)10-23-15-17-11-20(19-15)12-7-5-4-6-8-12/h4-8,11H,2-3,9-10H2,1H3,(H2,16,18,21,22). The van der Waals surface area contributed by atoms with Gasteiger partial charge in [0, 0.05) is 6.54 Å². The normalized spacial score (nSPS) is 10.3. The summed E-state index contributed by atoms with van der Waals surface area (Å²) in [6.07, 6.45) is 3.46. The highest BCUT2D eigenvalue weighted by atomic mass is 32.2. The molecule has 0 fully saturated rings.